The van der Waals surface area contributed by atoms with Crippen LogP contribution in [0.25, 0.3) is 0 Å². The number of amides is 1. The Labute approximate surface area is 113 Å². The van der Waals surface area contributed by atoms with Gasteiger partial charge in [0.1, 0.15) is 0 Å². The molecule has 0 saturated carbocycles. The van der Waals surface area contributed by atoms with Gasteiger partial charge in [-0.1, -0.05) is 29.8 Å². The molecule has 1 heterocycles. The fourth-order valence-corrected chi connectivity index (χ4v) is 2.85. The summed E-state index contributed by atoms with van der Waals surface area (Å²) in [6, 6.07) is 7.43. The van der Waals surface area contributed by atoms with Gasteiger partial charge in [-0.05, 0) is 25.8 Å². The van der Waals surface area contributed by atoms with Gasteiger partial charge < -0.3 is 10.0 Å². The lowest BCUT2D eigenvalue weighted by molar-refractivity contribution is -0.151. The third-order valence-electron chi connectivity index (χ3n) is 3.75. The maximum absolute atomic E-state index is 12.0. The summed E-state index contributed by atoms with van der Waals surface area (Å²) < 4.78 is 0. The van der Waals surface area contributed by atoms with E-state index in [1.165, 1.54) is 0 Å². The lowest BCUT2D eigenvalue weighted by Gasteiger charge is -2.39. The first-order valence-electron chi connectivity index (χ1n) is 6.63. The van der Waals surface area contributed by atoms with Crippen molar-refractivity contribution in [3.8, 4) is 0 Å². The molecule has 1 fully saturated rings. The standard InChI is InChI=1S/C15H19NO3/c1-3-16-13(17)8-7-12(15(18)19)14(16)11-6-4-5-10(2)9-11/h4-6,9,12,14H,3,7-8H2,1-2H3,(H,18,19). The van der Waals surface area contributed by atoms with Crippen molar-refractivity contribution in [3.05, 3.63) is 35.4 Å². The molecule has 2 rings (SSSR count). The highest BCUT2D eigenvalue weighted by Gasteiger charge is 2.39. The molecule has 0 bridgehead atoms. The zero-order chi connectivity index (χ0) is 14.0. The number of likely N-dealkylation sites (tertiary alicyclic amines) is 1. The summed E-state index contributed by atoms with van der Waals surface area (Å²) in [6.07, 6.45) is 0.746. The molecule has 1 aromatic carbocycles. The van der Waals surface area contributed by atoms with E-state index in [-0.39, 0.29) is 11.9 Å². The van der Waals surface area contributed by atoms with Crippen LogP contribution in [0.1, 0.15) is 36.9 Å². The van der Waals surface area contributed by atoms with Crippen molar-refractivity contribution in [1.29, 1.82) is 0 Å². The van der Waals surface area contributed by atoms with Crippen LogP contribution in [-0.4, -0.2) is 28.4 Å². The SMILES string of the molecule is CCN1C(=O)CCC(C(=O)O)C1c1cccc(C)c1. The summed E-state index contributed by atoms with van der Waals surface area (Å²) in [7, 11) is 0. The number of carboxylic acids is 1. The molecule has 1 saturated heterocycles. The van der Waals surface area contributed by atoms with Crippen LogP contribution in [0.2, 0.25) is 0 Å². The van der Waals surface area contributed by atoms with Crippen molar-refractivity contribution in [2.24, 2.45) is 5.92 Å². The molecule has 0 spiro atoms. The molecule has 19 heavy (non-hydrogen) atoms. The third kappa shape index (κ3) is 2.62. The summed E-state index contributed by atoms with van der Waals surface area (Å²) in [6.45, 7) is 4.41. The van der Waals surface area contributed by atoms with Crippen molar-refractivity contribution >= 4 is 11.9 Å². The number of aryl methyl sites for hydroxylation is 1. The Bertz CT molecular complexity index is 496. The van der Waals surface area contributed by atoms with Crippen LogP contribution in [0.4, 0.5) is 0 Å². The number of benzene rings is 1. The van der Waals surface area contributed by atoms with Crippen LogP contribution in [0.3, 0.4) is 0 Å². The maximum atomic E-state index is 12.0. The Morgan fingerprint density at radius 2 is 2.21 bits per heavy atom. The highest BCUT2D eigenvalue weighted by molar-refractivity contribution is 5.81. The van der Waals surface area contributed by atoms with Gasteiger partial charge in [-0.15, -0.1) is 0 Å². The summed E-state index contributed by atoms with van der Waals surface area (Å²) in [4.78, 5) is 25.1. The van der Waals surface area contributed by atoms with E-state index in [1.807, 2.05) is 38.1 Å². The minimum absolute atomic E-state index is 0.0477. The summed E-state index contributed by atoms with van der Waals surface area (Å²) in [5.41, 5.74) is 2.00. The van der Waals surface area contributed by atoms with Crippen molar-refractivity contribution in [3.63, 3.8) is 0 Å². The van der Waals surface area contributed by atoms with Crippen LogP contribution in [0, 0.1) is 12.8 Å². The molecule has 2 unspecified atom stereocenters. The largest absolute Gasteiger partial charge is 0.481 e. The summed E-state index contributed by atoms with van der Waals surface area (Å²) >= 11 is 0. The predicted octanol–water partition coefficient (Wildman–Crippen LogP) is 2.38. The number of piperidine rings is 1. The highest BCUT2D eigenvalue weighted by Crippen LogP contribution is 2.36. The number of hydrogen-bond acceptors (Lipinski definition) is 2. The molecule has 0 aromatic heterocycles. The smallest absolute Gasteiger partial charge is 0.308 e. The van der Waals surface area contributed by atoms with Crippen LogP contribution in [0.15, 0.2) is 24.3 Å². The zero-order valence-corrected chi connectivity index (χ0v) is 11.3. The minimum Gasteiger partial charge on any atom is -0.481 e. The van der Waals surface area contributed by atoms with Crippen molar-refractivity contribution in [1.82, 2.24) is 4.90 Å². The number of carbonyl (C=O) groups excluding carboxylic acids is 1. The quantitative estimate of drug-likeness (QED) is 0.908. The third-order valence-corrected chi connectivity index (χ3v) is 3.75. The topological polar surface area (TPSA) is 57.6 Å². The molecule has 0 radical (unpaired) electrons. The van der Waals surface area contributed by atoms with Crippen molar-refractivity contribution in [2.45, 2.75) is 32.7 Å². The number of nitrogens with zero attached hydrogens (tertiary/aromatic N) is 1. The number of carbonyl (C=O) groups is 2. The van der Waals surface area contributed by atoms with E-state index in [0.717, 1.165) is 11.1 Å². The first kappa shape index (κ1) is 13.6. The minimum atomic E-state index is -0.822. The van der Waals surface area contributed by atoms with E-state index in [2.05, 4.69) is 0 Å². The van der Waals surface area contributed by atoms with Gasteiger partial charge in [0.05, 0.1) is 12.0 Å². The second kappa shape index (κ2) is 5.43. The molecular weight excluding hydrogens is 242 g/mol. The maximum Gasteiger partial charge on any atom is 0.308 e. The fourth-order valence-electron chi connectivity index (χ4n) is 2.85. The number of carboxylic acid groups (broad SMARTS) is 1. The van der Waals surface area contributed by atoms with E-state index in [4.69, 9.17) is 0 Å². The predicted molar refractivity (Wildman–Crippen MR) is 71.7 cm³/mol. The molecule has 0 aliphatic carbocycles. The summed E-state index contributed by atoms with van der Waals surface area (Å²) in [5, 5.41) is 9.40. The number of rotatable bonds is 3. The van der Waals surface area contributed by atoms with Crippen LogP contribution >= 0.6 is 0 Å². The monoisotopic (exact) mass is 261 g/mol. The zero-order valence-electron chi connectivity index (χ0n) is 11.3. The van der Waals surface area contributed by atoms with E-state index in [1.54, 1.807) is 4.90 Å². The normalized spacial score (nSPS) is 23.5. The molecule has 1 N–H and O–H groups in total. The Morgan fingerprint density at radius 3 is 2.79 bits per heavy atom. The molecule has 2 atom stereocenters. The van der Waals surface area contributed by atoms with E-state index < -0.39 is 11.9 Å². The van der Waals surface area contributed by atoms with E-state index in [9.17, 15) is 14.7 Å². The molecular formula is C15H19NO3. The van der Waals surface area contributed by atoms with Gasteiger partial charge >= 0.3 is 5.97 Å². The van der Waals surface area contributed by atoms with Gasteiger partial charge in [0.15, 0.2) is 0 Å². The lowest BCUT2D eigenvalue weighted by Crippen LogP contribution is -2.45. The fraction of sp³-hybridized carbons (Fsp3) is 0.467. The second-order valence-electron chi connectivity index (χ2n) is 5.02. The molecule has 102 valence electrons. The van der Waals surface area contributed by atoms with Crippen molar-refractivity contribution in [2.75, 3.05) is 6.54 Å². The number of aliphatic carboxylic acids is 1. The van der Waals surface area contributed by atoms with Crippen LogP contribution < -0.4 is 0 Å². The Morgan fingerprint density at radius 1 is 1.47 bits per heavy atom. The van der Waals surface area contributed by atoms with E-state index in [0.29, 0.717) is 19.4 Å². The van der Waals surface area contributed by atoms with Crippen LogP contribution in [0.5, 0.6) is 0 Å². The second-order valence-corrected chi connectivity index (χ2v) is 5.02. The molecule has 1 amide bonds. The van der Waals surface area contributed by atoms with E-state index >= 15 is 0 Å². The molecule has 1 aromatic rings. The van der Waals surface area contributed by atoms with Gasteiger partial charge in [0.25, 0.3) is 0 Å². The van der Waals surface area contributed by atoms with Gasteiger partial charge in [-0.3, -0.25) is 9.59 Å². The van der Waals surface area contributed by atoms with Crippen LogP contribution in [-0.2, 0) is 9.59 Å². The average Bonchev–Trinajstić information content (AvgIpc) is 2.37. The van der Waals surface area contributed by atoms with Crippen molar-refractivity contribution < 1.29 is 14.7 Å². The molecule has 4 nitrogen and oxygen atoms in total. The van der Waals surface area contributed by atoms with Gasteiger partial charge in [-0.2, -0.15) is 0 Å². The van der Waals surface area contributed by atoms with Gasteiger partial charge in [0, 0.05) is 13.0 Å². The molecule has 1 aliphatic rings. The van der Waals surface area contributed by atoms with Gasteiger partial charge in [0.2, 0.25) is 5.91 Å². The Hall–Kier alpha value is -1.84. The number of hydrogen-bond donors (Lipinski definition) is 1. The van der Waals surface area contributed by atoms with Gasteiger partial charge in [-0.25, -0.2) is 0 Å². The summed E-state index contributed by atoms with van der Waals surface area (Å²) in [5.74, 6) is -1.29. The average molecular weight is 261 g/mol. The highest BCUT2D eigenvalue weighted by atomic mass is 16.4. The molecule has 1 aliphatic heterocycles. The Balaban J connectivity index is 2.44. The Kier molecular flexibility index (Phi) is 3.88. The first-order chi connectivity index (χ1) is 9.04. The lowest BCUT2D eigenvalue weighted by atomic mass is 9.84. The first-order valence-corrected chi connectivity index (χ1v) is 6.63. The molecule has 4 heteroatoms.